The minimum Gasteiger partial charge on any atom is -0.236 e. The topological polar surface area (TPSA) is 80.2 Å². The van der Waals surface area contributed by atoms with E-state index < -0.39 is 0 Å². The zero-order valence-electron chi connectivity index (χ0n) is 11.9. The van der Waals surface area contributed by atoms with Crippen molar-refractivity contribution in [1.82, 2.24) is 30.6 Å². The Balaban J connectivity index is 1.73. The van der Waals surface area contributed by atoms with Gasteiger partial charge in [-0.15, -0.1) is 10.2 Å². The van der Waals surface area contributed by atoms with E-state index >= 15 is 0 Å². The molecule has 0 amide bonds. The minimum atomic E-state index is 0.247. The number of nitrogens with one attached hydrogen (secondary N) is 1. The summed E-state index contributed by atoms with van der Waals surface area (Å²) in [4.78, 5) is 8.48. The normalized spacial score (nSPS) is 15.7. The Morgan fingerprint density at radius 3 is 2.64 bits per heavy atom. The molecular weight excluding hydrogens is 300 g/mol. The Hall–Kier alpha value is -2.34. The lowest BCUT2D eigenvalue weighted by Gasteiger charge is -2.12. The number of hydrogen-bond donors (Lipinski definition) is 1. The summed E-state index contributed by atoms with van der Waals surface area (Å²) in [6, 6.07) is 7.94. The fourth-order valence-electron chi connectivity index (χ4n) is 2.53. The summed E-state index contributed by atoms with van der Waals surface area (Å²) < 4.78 is 0. The van der Waals surface area contributed by atoms with Gasteiger partial charge in [-0.25, -0.2) is 9.97 Å². The second-order valence-electron chi connectivity index (χ2n) is 5.78. The summed E-state index contributed by atoms with van der Waals surface area (Å²) in [7, 11) is 0. The van der Waals surface area contributed by atoms with Crippen molar-refractivity contribution >= 4 is 11.6 Å². The number of hydrogen-bond acceptors (Lipinski definition) is 5. The Kier molecular flexibility index (Phi) is 2.94. The molecule has 110 valence electrons. The fourth-order valence-corrected chi connectivity index (χ4v) is 2.94. The molecule has 1 aliphatic rings. The molecule has 0 aliphatic heterocycles. The van der Waals surface area contributed by atoms with E-state index in [0.29, 0.717) is 11.5 Å². The highest BCUT2D eigenvalue weighted by molar-refractivity contribution is 6.31. The predicted octanol–water partition coefficient (Wildman–Crippen LogP) is 3.03. The van der Waals surface area contributed by atoms with E-state index in [4.69, 9.17) is 11.6 Å². The summed E-state index contributed by atoms with van der Waals surface area (Å²) in [5.41, 5.74) is 3.81. The van der Waals surface area contributed by atoms with Crippen LogP contribution in [0.15, 0.2) is 30.6 Å². The van der Waals surface area contributed by atoms with Crippen LogP contribution in [-0.2, 0) is 5.41 Å². The van der Waals surface area contributed by atoms with Gasteiger partial charge in [0.15, 0.2) is 0 Å². The third kappa shape index (κ3) is 2.25. The number of tetrazole rings is 1. The fraction of sp³-hybridized carbons (Fsp3) is 0.267. The number of nitrogens with zero attached hydrogens (tertiary/aromatic N) is 5. The molecular formula is C15H13ClN6. The summed E-state index contributed by atoms with van der Waals surface area (Å²) in [5.74, 6) is 0.442. The summed E-state index contributed by atoms with van der Waals surface area (Å²) in [6.07, 6.45) is 3.88. The van der Waals surface area contributed by atoms with Crippen LogP contribution in [0.5, 0.6) is 0 Å². The van der Waals surface area contributed by atoms with Gasteiger partial charge < -0.3 is 0 Å². The van der Waals surface area contributed by atoms with Gasteiger partial charge in [0.2, 0.25) is 5.82 Å². The molecule has 1 saturated carbocycles. The second kappa shape index (κ2) is 4.84. The number of halogens is 1. The molecule has 1 aliphatic carbocycles. The SMILES string of the molecule is CC1(c2ccc(-c3cc(-c4nn[nH]n4)ncn3)cc2Cl)CC1. The maximum Gasteiger partial charge on any atom is 0.223 e. The first kappa shape index (κ1) is 13.3. The largest absolute Gasteiger partial charge is 0.236 e. The molecule has 0 saturated heterocycles. The van der Waals surface area contributed by atoms with E-state index in [9.17, 15) is 0 Å². The third-order valence-corrected chi connectivity index (χ3v) is 4.47. The average Bonchev–Trinajstić information content (AvgIpc) is 3.05. The minimum absolute atomic E-state index is 0.247. The quantitative estimate of drug-likeness (QED) is 0.804. The zero-order chi connectivity index (χ0) is 15.2. The standard InChI is InChI=1S/C15H13ClN6/c1-15(4-5-15)10-3-2-9(6-11(10)16)12-7-13(18-8-17-12)14-19-21-22-20-14/h2-3,6-8H,4-5H2,1H3,(H,19,20,21,22). The van der Waals surface area contributed by atoms with E-state index in [0.717, 1.165) is 16.3 Å². The molecule has 0 spiro atoms. The van der Waals surface area contributed by atoms with E-state index in [1.54, 1.807) is 0 Å². The summed E-state index contributed by atoms with van der Waals surface area (Å²) in [6.45, 7) is 2.24. The molecule has 22 heavy (non-hydrogen) atoms. The van der Waals surface area contributed by atoms with Crippen LogP contribution in [0.1, 0.15) is 25.3 Å². The van der Waals surface area contributed by atoms with Gasteiger partial charge in [0.1, 0.15) is 12.0 Å². The summed E-state index contributed by atoms with van der Waals surface area (Å²) >= 11 is 6.46. The lowest BCUT2D eigenvalue weighted by molar-refractivity contribution is 0.788. The zero-order valence-corrected chi connectivity index (χ0v) is 12.7. The molecule has 4 rings (SSSR count). The average molecular weight is 313 g/mol. The first-order chi connectivity index (χ1) is 10.7. The van der Waals surface area contributed by atoms with Crippen molar-refractivity contribution in [3.8, 4) is 22.8 Å². The van der Waals surface area contributed by atoms with Gasteiger partial charge in [-0.3, -0.25) is 0 Å². The molecule has 6 nitrogen and oxygen atoms in total. The van der Waals surface area contributed by atoms with Crippen molar-refractivity contribution in [3.05, 3.63) is 41.2 Å². The number of benzene rings is 1. The van der Waals surface area contributed by atoms with Crippen molar-refractivity contribution in [3.63, 3.8) is 0 Å². The van der Waals surface area contributed by atoms with Gasteiger partial charge in [0.05, 0.1) is 5.69 Å². The number of rotatable bonds is 3. The van der Waals surface area contributed by atoms with Crippen LogP contribution in [0.4, 0.5) is 0 Å². The molecule has 0 unspecified atom stereocenters. The van der Waals surface area contributed by atoms with Gasteiger partial charge in [-0.2, -0.15) is 5.21 Å². The van der Waals surface area contributed by atoms with Gasteiger partial charge >= 0.3 is 0 Å². The van der Waals surface area contributed by atoms with Crippen LogP contribution >= 0.6 is 11.6 Å². The van der Waals surface area contributed by atoms with Crippen molar-refractivity contribution in [2.45, 2.75) is 25.2 Å². The lowest BCUT2D eigenvalue weighted by Crippen LogP contribution is -2.00. The first-order valence-corrected chi connectivity index (χ1v) is 7.40. The van der Waals surface area contributed by atoms with E-state index in [1.165, 1.54) is 24.7 Å². The molecule has 0 atom stereocenters. The predicted molar refractivity (Wildman–Crippen MR) is 82.2 cm³/mol. The summed E-state index contributed by atoms with van der Waals surface area (Å²) in [5, 5.41) is 14.6. The van der Waals surface area contributed by atoms with Crippen molar-refractivity contribution in [2.75, 3.05) is 0 Å². The third-order valence-electron chi connectivity index (χ3n) is 4.16. The molecule has 3 aromatic rings. The lowest BCUT2D eigenvalue weighted by atomic mass is 9.96. The second-order valence-corrected chi connectivity index (χ2v) is 6.19. The van der Waals surface area contributed by atoms with E-state index in [2.05, 4.69) is 43.6 Å². The number of aromatic nitrogens is 6. The highest BCUT2D eigenvalue weighted by Crippen LogP contribution is 2.50. The van der Waals surface area contributed by atoms with Gasteiger partial charge in [0.25, 0.3) is 0 Å². The highest BCUT2D eigenvalue weighted by atomic mass is 35.5. The molecule has 7 heteroatoms. The molecule has 0 bridgehead atoms. The molecule has 1 aromatic carbocycles. The number of aromatic amines is 1. The molecule has 1 fully saturated rings. The Bertz CT molecular complexity index is 826. The number of H-pyrrole nitrogens is 1. The maximum atomic E-state index is 6.46. The van der Waals surface area contributed by atoms with Crippen LogP contribution in [0.25, 0.3) is 22.8 Å². The van der Waals surface area contributed by atoms with Crippen LogP contribution in [0.3, 0.4) is 0 Å². The van der Waals surface area contributed by atoms with E-state index in [-0.39, 0.29) is 5.41 Å². The van der Waals surface area contributed by atoms with Crippen molar-refractivity contribution in [1.29, 1.82) is 0 Å². The smallest absolute Gasteiger partial charge is 0.223 e. The van der Waals surface area contributed by atoms with Crippen LogP contribution in [0, 0.1) is 0 Å². The molecule has 0 radical (unpaired) electrons. The molecule has 2 aromatic heterocycles. The molecule has 2 heterocycles. The molecule has 1 N–H and O–H groups in total. The van der Waals surface area contributed by atoms with Crippen molar-refractivity contribution < 1.29 is 0 Å². The first-order valence-electron chi connectivity index (χ1n) is 7.02. The van der Waals surface area contributed by atoms with Crippen LogP contribution in [-0.4, -0.2) is 30.6 Å². The van der Waals surface area contributed by atoms with Crippen molar-refractivity contribution in [2.24, 2.45) is 0 Å². The van der Waals surface area contributed by atoms with Gasteiger partial charge in [-0.1, -0.05) is 30.7 Å². The van der Waals surface area contributed by atoms with Gasteiger partial charge in [0, 0.05) is 10.6 Å². The van der Waals surface area contributed by atoms with Crippen LogP contribution in [0.2, 0.25) is 5.02 Å². The Morgan fingerprint density at radius 1 is 1.14 bits per heavy atom. The van der Waals surface area contributed by atoms with Crippen LogP contribution < -0.4 is 0 Å². The highest BCUT2D eigenvalue weighted by Gasteiger charge is 2.40. The monoisotopic (exact) mass is 312 g/mol. The van der Waals surface area contributed by atoms with E-state index in [1.807, 2.05) is 18.2 Å². The Morgan fingerprint density at radius 2 is 1.95 bits per heavy atom. The van der Waals surface area contributed by atoms with Gasteiger partial charge in [-0.05, 0) is 41.2 Å². The maximum absolute atomic E-state index is 6.46. The Labute approximate surface area is 132 Å².